The van der Waals surface area contributed by atoms with Gasteiger partial charge in [0.2, 0.25) is 0 Å². The Balaban J connectivity index is 2.21. The fourth-order valence-corrected chi connectivity index (χ4v) is 4.77. The van der Waals surface area contributed by atoms with Crippen LogP contribution in [0.3, 0.4) is 0 Å². The second-order valence-electron chi connectivity index (χ2n) is 11.4. The lowest BCUT2D eigenvalue weighted by Crippen LogP contribution is -2.73. The quantitative estimate of drug-likeness (QED) is 0.488. The Morgan fingerprint density at radius 3 is 0.656 bits per heavy atom. The van der Waals surface area contributed by atoms with Crippen LogP contribution in [0, 0.1) is 0 Å². The maximum absolute atomic E-state index is 2.55. The molecule has 2 aliphatic rings. The van der Waals surface area contributed by atoms with Crippen LogP contribution < -0.4 is 0 Å². The number of nitrogens with zero attached hydrogens (tertiary/aromatic N) is 8. The molecule has 0 saturated carbocycles. The van der Waals surface area contributed by atoms with Crippen molar-refractivity contribution >= 4 is 0 Å². The third kappa shape index (κ3) is 8.80. The van der Waals surface area contributed by atoms with Crippen LogP contribution in [-0.4, -0.2) is 200 Å². The smallest absolute Gasteiger partial charge is 0.135 e. The molecule has 32 heavy (non-hydrogen) atoms. The molecular formula is C24H56N8+2. The highest BCUT2D eigenvalue weighted by atomic mass is 15.8. The minimum atomic E-state index is 1.12. The average molecular weight is 457 g/mol. The van der Waals surface area contributed by atoms with Crippen LogP contribution in [-0.2, 0) is 0 Å². The zero-order valence-electron chi connectivity index (χ0n) is 22.9. The summed E-state index contributed by atoms with van der Waals surface area (Å²) in [5.74, 6) is 0. The SMILES string of the molecule is CN1CCN(C)CC[N+](C)([N+]2(C)CCN(C)CCN(C)CCN(C)CC2)CCN(C)CC1. The molecule has 2 aliphatic heterocycles. The lowest BCUT2D eigenvalue weighted by Gasteiger charge is -2.51. The Morgan fingerprint density at radius 2 is 0.469 bits per heavy atom. The van der Waals surface area contributed by atoms with Gasteiger partial charge in [-0.05, 0) is 42.3 Å². The van der Waals surface area contributed by atoms with E-state index in [1.165, 1.54) is 52.4 Å². The van der Waals surface area contributed by atoms with E-state index in [0.717, 1.165) is 61.5 Å². The number of hydrogen-bond acceptors (Lipinski definition) is 6. The second-order valence-corrected chi connectivity index (χ2v) is 11.4. The fourth-order valence-electron chi connectivity index (χ4n) is 4.77. The molecular weight excluding hydrogens is 400 g/mol. The van der Waals surface area contributed by atoms with Crippen molar-refractivity contribution in [3.63, 3.8) is 0 Å². The van der Waals surface area contributed by atoms with Gasteiger partial charge < -0.3 is 9.80 Å². The molecule has 2 fully saturated rings. The Bertz CT molecular complexity index is 448. The van der Waals surface area contributed by atoms with Crippen LogP contribution in [0.1, 0.15) is 0 Å². The molecule has 2 saturated heterocycles. The molecule has 0 aromatic carbocycles. The third-order valence-corrected chi connectivity index (χ3v) is 8.47. The minimum Gasteiger partial charge on any atom is -0.304 e. The average Bonchev–Trinajstić information content (AvgIpc) is 2.76. The van der Waals surface area contributed by atoms with Crippen molar-refractivity contribution in [1.29, 1.82) is 0 Å². The van der Waals surface area contributed by atoms with E-state index in [0.29, 0.717) is 0 Å². The summed E-state index contributed by atoms with van der Waals surface area (Å²) in [4.78, 5) is 15.2. The van der Waals surface area contributed by atoms with E-state index in [9.17, 15) is 0 Å². The van der Waals surface area contributed by atoms with Crippen molar-refractivity contribution in [2.45, 2.75) is 0 Å². The van der Waals surface area contributed by atoms with Crippen LogP contribution in [0.15, 0.2) is 0 Å². The van der Waals surface area contributed by atoms with Crippen molar-refractivity contribution in [2.24, 2.45) is 0 Å². The van der Waals surface area contributed by atoms with Crippen molar-refractivity contribution < 1.29 is 9.18 Å². The molecule has 2 rings (SSSR count). The summed E-state index contributed by atoms with van der Waals surface area (Å²) in [6.07, 6.45) is 0. The van der Waals surface area contributed by atoms with Gasteiger partial charge in [-0.2, -0.15) is 9.18 Å². The van der Waals surface area contributed by atoms with Gasteiger partial charge in [-0.1, -0.05) is 0 Å². The first-order valence-corrected chi connectivity index (χ1v) is 12.8. The Kier molecular flexibility index (Phi) is 11.3. The minimum absolute atomic E-state index is 1.12. The van der Waals surface area contributed by atoms with E-state index in [1.54, 1.807) is 0 Å². The molecule has 0 aromatic heterocycles. The maximum atomic E-state index is 2.55. The van der Waals surface area contributed by atoms with Gasteiger partial charge in [-0.15, -0.1) is 0 Å². The lowest BCUT2D eigenvalue weighted by molar-refractivity contribution is -1.48. The summed E-state index contributed by atoms with van der Waals surface area (Å²) in [5, 5.41) is 0. The fraction of sp³-hybridized carbons (Fsp3) is 1.00. The standard InChI is InChI=1S/C24H56N8/c1-25-9-13-27(3)17-21-31(7,22-18-28(4)14-10-25)32(8)23-19-29(5)15-11-26(2)12-16-30(6)20-24-32/h9-24H2,1-8H3/q+2. The van der Waals surface area contributed by atoms with E-state index in [2.05, 4.69) is 85.8 Å². The maximum Gasteiger partial charge on any atom is 0.135 e. The highest BCUT2D eigenvalue weighted by Gasteiger charge is 2.43. The van der Waals surface area contributed by atoms with Gasteiger partial charge in [0.1, 0.15) is 40.3 Å². The lowest BCUT2D eigenvalue weighted by atomic mass is 10.3. The zero-order valence-corrected chi connectivity index (χ0v) is 22.9. The van der Waals surface area contributed by atoms with Crippen LogP contribution in [0.25, 0.3) is 0 Å². The zero-order chi connectivity index (χ0) is 23.8. The summed E-state index contributed by atoms with van der Waals surface area (Å²) < 4.78 is 2.23. The first kappa shape index (κ1) is 27.9. The summed E-state index contributed by atoms with van der Waals surface area (Å²) in [7, 11) is 18.9. The Morgan fingerprint density at radius 1 is 0.312 bits per heavy atom. The second kappa shape index (κ2) is 13.0. The Hall–Kier alpha value is -0.320. The molecule has 0 aromatic rings. The highest BCUT2D eigenvalue weighted by molar-refractivity contribution is 4.64. The predicted molar refractivity (Wildman–Crippen MR) is 137 cm³/mol. The highest BCUT2D eigenvalue weighted by Crippen LogP contribution is 2.20. The van der Waals surface area contributed by atoms with Gasteiger partial charge in [0, 0.05) is 52.4 Å². The molecule has 0 bridgehead atoms. The van der Waals surface area contributed by atoms with Crippen LogP contribution >= 0.6 is 0 Å². The normalized spacial score (nSPS) is 28.9. The molecule has 0 radical (unpaired) electrons. The van der Waals surface area contributed by atoms with Crippen LogP contribution in [0.4, 0.5) is 0 Å². The van der Waals surface area contributed by atoms with Crippen molar-refractivity contribution in [2.75, 3.05) is 161 Å². The predicted octanol–water partition coefficient (Wildman–Crippen LogP) is -0.587. The van der Waals surface area contributed by atoms with Gasteiger partial charge in [0.25, 0.3) is 0 Å². The summed E-state index contributed by atoms with van der Waals surface area (Å²) in [6.45, 7) is 18.7. The van der Waals surface area contributed by atoms with Gasteiger partial charge in [0.15, 0.2) is 0 Å². The molecule has 8 nitrogen and oxygen atoms in total. The van der Waals surface area contributed by atoms with Crippen molar-refractivity contribution in [1.82, 2.24) is 29.4 Å². The molecule has 0 amide bonds. The summed E-state index contributed by atoms with van der Waals surface area (Å²) in [6, 6.07) is 0. The molecule has 190 valence electrons. The van der Waals surface area contributed by atoms with Crippen LogP contribution in [0.5, 0.6) is 0 Å². The van der Waals surface area contributed by atoms with Crippen LogP contribution in [0.2, 0.25) is 0 Å². The molecule has 0 unspecified atom stereocenters. The number of rotatable bonds is 1. The van der Waals surface area contributed by atoms with Gasteiger partial charge in [-0.25, -0.2) is 0 Å². The molecule has 0 aliphatic carbocycles. The molecule has 8 heteroatoms. The number of hydrogen-bond donors (Lipinski definition) is 0. The Labute approximate surface area is 200 Å². The van der Waals surface area contributed by atoms with E-state index in [4.69, 9.17) is 0 Å². The molecule has 0 N–H and O–H groups in total. The topological polar surface area (TPSA) is 19.4 Å². The number of quaternary nitrogens is 2. The first-order chi connectivity index (χ1) is 15.0. The largest absolute Gasteiger partial charge is 0.304 e. The van der Waals surface area contributed by atoms with Gasteiger partial charge in [-0.3, -0.25) is 19.6 Å². The summed E-state index contributed by atoms with van der Waals surface area (Å²) in [5.41, 5.74) is 0. The summed E-state index contributed by atoms with van der Waals surface area (Å²) >= 11 is 0. The molecule has 0 spiro atoms. The molecule has 0 atom stereocenters. The van der Waals surface area contributed by atoms with Crippen molar-refractivity contribution in [3.05, 3.63) is 0 Å². The van der Waals surface area contributed by atoms with E-state index in [1.807, 2.05) is 0 Å². The third-order valence-electron chi connectivity index (χ3n) is 8.47. The monoisotopic (exact) mass is 456 g/mol. The number of likely N-dealkylation sites (N-methyl/N-ethyl adjacent to an activating group) is 8. The van der Waals surface area contributed by atoms with E-state index in [-0.39, 0.29) is 0 Å². The van der Waals surface area contributed by atoms with Gasteiger partial charge in [0.05, 0.1) is 26.2 Å². The van der Waals surface area contributed by atoms with Gasteiger partial charge >= 0.3 is 0 Å². The van der Waals surface area contributed by atoms with Crippen molar-refractivity contribution in [3.8, 4) is 0 Å². The first-order valence-electron chi connectivity index (χ1n) is 12.8. The van der Waals surface area contributed by atoms with E-state index < -0.39 is 0 Å². The van der Waals surface area contributed by atoms with E-state index >= 15 is 0 Å². The molecule has 2 heterocycles.